The maximum absolute atomic E-state index is 13.2. The molecule has 5 nitrogen and oxygen atoms in total. The van der Waals surface area contributed by atoms with E-state index in [9.17, 15) is 13.2 Å². The Morgan fingerprint density at radius 1 is 1.14 bits per heavy atom. The van der Waals surface area contributed by atoms with Crippen molar-refractivity contribution in [1.29, 1.82) is 0 Å². The number of nitrogens with zero attached hydrogens (tertiary/aromatic N) is 3. The highest BCUT2D eigenvalue weighted by atomic mass is 19.4. The van der Waals surface area contributed by atoms with Gasteiger partial charge in [0.1, 0.15) is 11.6 Å². The highest BCUT2D eigenvalue weighted by Crippen LogP contribution is 2.38. The summed E-state index contributed by atoms with van der Waals surface area (Å²) in [5.41, 5.74) is -0.322. The number of methoxy groups -OCH3 is 1. The molecule has 0 aliphatic rings. The number of fused-ring (bicyclic) bond motifs is 1. The molecule has 0 unspecified atom stereocenters. The van der Waals surface area contributed by atoms with Crippen LogP contribution in [0.5, 0.6) is 5.75 Å². The highest BCUT2D eigenvalue weighted by molar-refractivity contribution is 5.74. The molecule has 0 saturated carbocycles. The number of benzene rings is 1. The van der Waals surface area contributed by atoms with E-state index in [0.717, 1.165) is 6.07 Å². The van der Waals surface area contributed by atoms with Gasteiger partial charge in [-0.05, 0) is 18.2 Å². The van der Waals surface area contributed by atoms with Crippen molar-refractivity contribution in [3.8, 4) is 17.1 Å². The maximum Gasteiger partial charge on any atom is 0.417 e. The first-order valence-electron chi connectivity index (χ1n) is 5.91. The second-order valence-corrected chi connectivity index (χ2v) is 4.22. The van der Waals surface area contributed by atoms with Crippen molar-refractivity contribution in [2.45, 2.75) is 6.18 Å². The Bertz CT molecular complexity index is 764. The number of aromatic amines is 1. The molecule has 1 N–H and O–H groups in total. The van der Waals surface area contributed by atoms with Crippen LogP contribution in [0.1, 0.15) is 5.56 Å². The Labute approximate surface area is 116 Å². The molecule has 0 saturated heterocycles. The molecule has 0 atom stereocenters. The number of aromatic nitrogens is 4. The van der Waals surface area contributed by atoms with E-state index in [-0.39, 0.29) is 22.8 Å². The van der Waals surface area contributed by atoms with Crippen molar-refractivity contribution < 1.29 is 17.9 Å². The third-order valence-corrected chi connectivity index (χ3v) is 2.92. The third-order valence-electron chi connectivity index (χ3n) is 2.92. The fraction of sp³-hybridized carbons (Fsp3) is 0.154. The van der Waals surface area contributed by atoms with E-state index in [1.165, 1.54) is 31.6 Å². The van der Waals surface area contributed by atoms with Crippen molar-refractivity contribution in [2.75, 3.05) is 7.11 Å². The van der Waals surface area contributed by atoms with E-state index < -0.39 is 11.7 Å². The van der Waals surface area contributed by atoms with E-state index in [0.29, 0.717) is 5.65 Å². The molecule has 3 rings (SSSR count). The lowest BCUT2D eigenvalue weighted by Gasteiger charge is -2.12. The number of ether oxygens (including phenoxy) is 1. The Kier molecular flexibility index (Phi) is 3.00. The van der Waals surface area contributed by atoms with Crippen LogP contribution in [-0.2, 0) is 6.18 Å². The van der Waals surface area contributed by atoms with Crippen LogP contribution >= 0.6 is 0 Å². The Morgan fingerprint density at radius 3 is 2.57 bits per heavy atom. The molecule has 0 radical (unpaired) electrons. The van der Waals surface area contributed by atoms with Gasteiger partial charge in [0.2, 0.25) is 0 Å². The fourth-order valence-electron chi connectivity index (χ4n) is 1.97. The van der Waals surface area contributed by atoms with Gasteiger partial charge in [-0.1, -0.05) is 0 Å². The van der Waals surface area contributed by atoms with Gasteiger partial charge in [0.05, 0.1) is 12.7 Å². The minimum absolute atomic E-state index is 0.0613. The van der Waals surface area contributed by atoms with Gasteiger partial charge < -0.3 is 9.72 Å². The number of nitrogens with one attached hydrogen (secondary N) is 1. The lowest BCUT2D eigenvalue weighted by molar-refractivity contribution is -0.137. The van der Waals surface area contributed by atoms with Gasteiger partial charge in [-0.2, -0.15) is 13.2 Å². The van der Waals surface area contributed by atoms with Gasteiger partial charge in [-0.15, -0.1) is 0 Å². The van der Waals surface area contributed by atoms with Crippen molar-refractivity contribution >= 4 is 11.3 Å². The summed E-state index contributed by atoms with van der Waals surface area (Å²) in [6, 6.07) is 3.68. The van der Waals surface area contributed by atoms with Crippen LogP contribution in [0.3, 0.4) is 0 Å². The van der Waals surface area contributed by atoms with Crippen LogP contribution in [0.15, 0.2) is 30.6 Å². The number of imidazole rings is 1. The minimum atomic E-state index is -4.52. The summed E-state index contributed by atoms with van der Waals surface area (Å²) >= 11 is 0. The smallest absolute Gasteiger partial charge is 0.417 e. The number of alkyl halides is 3. The van der Waals surface area contributed by atoms with Crippen molar-refractivity contribution in [3.05, 3.63) is 36.2 Å². The van der Waals surface area contributed by atoms with Gasteiger partial charge in [0.25, 0.3) is 0 Å². The number of halogens is 3. The van der Waals surface area contributed by atoms with E-state index in [2.05, 4.69) is 19.9 Å². The fourth-order valence-corrected chi connectivity index (χ4v) is 1.97. The van der Waals surface area contributed by atoms with Crippen molar-refractivity contribution in [2.24, 2.45) is 0 Å². The number of rotatable bonds is 2. The lowest BCUT2D eigenvalue weighted by Crippen LogP contribution is -2.08. The van der Waals surface area contributed by atoms with Gasteiger partial charge >= 0.3 is 6.18 Å². The molecule has 2 aromatic heterocycles. The number of H-pyrrole nitrogens is 1. The second-order valence-electron chi connectivity index (χ2n) is 4.22. The van der Waals surface area contributed by atoms with Crippen LogP contribution in [0, 0.1) is 0 Å². The third kappa shape index (κ3) is 2.39. The molecule has 0 bridgehead atoms. The molecule has 21 heavy (non-hydrogen) atoms. The van der Waals surface area contributed by atoms with Crippen LogP contribution < -0.4 is 4.74 Å². The second kappa shape index (κ2) is 4.72. The zero-order valence-electron chi connectivity index (χ0n) is 10.8. The van der Waals surface area contributed by atoms with Crippen molar-refractivity contribution in [3.63, 3.8) is 0 Å². The molecule has 0 aliphatic carbocycles. The molecule has 3 aromatic rings. The molecular weight excluding hydrogens is 285 g/mol. The predicted molar refractivity (Wildman–Crippen MR) is 68.7 cm³/mol. The normalized spacial score (nSPS) is 11.8. The molecule has 0 amide bonds. The largest absolute Gasteiger partial charge is 0.497 e. The van der Waals surface area contributed by atoms with Crippen LogP contribution in [0.4, 0.5) is 13.2 Å². The van der Waals surface area contributed by atoms with E-state index in [4.69, 9.17) is 4.74 Å². The molecule has 108 valence electrons. The van der Waals surface area contributed by atoms with E-state index in [1.807, 2.05) is 0 Å². The summed E-state index contributed by atoms with van der Waals surface area (Å²) in [4.78, 5) is 14.7. The standard InChI is InChI=1S/C13H9F3N4O/c1-21-7-2-3-8(9(6-7)13(14,15)16)10-19-11-12(20-10)18-5-4-17-11/h2-6H,1H3,(H,17,18,19,20). The van der Waals surface area contributed by atoms with Crippen LogP contribution in [-0.4, -0.2) is 27.0 Å². The molecule has 1 aromatic carbocycles. The number of hydrogen-bond donors (Lipinski definition) is 1. The maximum atomic E-state index is 13.2. The topological polar surface area (TPSA) is 63.7 Å². The minimum Gasteiger partial charge on any atom is -0.497 e. The van der Waals surface area contributed by atoms with Gasteiger partial charge in [0, 0.05) is 18.0 Å². The summed E-state index contributed by atoms with van der Waals surface area (Å²) in [7, 11) is 1.31. The summed E-state index contributed by atoms with van der Waals surface area (Å²) in [5, 5.41) is 0. The Morgan fingerprint density at radius 2 is 1.90 bits per heavy atom. The molecule has 0 aliphatic heterocycles. The van der Waals surface area contributed by atoms with E-state index >= 15 is 0 Å². The van der Waals surface area contributed by atoms with Gasteiger partial charge in [-0.3, -0.25) is 0 Å². The first-order chi connectivity index (χ1) is 9.99. The zero-order chi connectivity index (χ0) is 15.0. The number of hydrogen-bond acceptors (Lipinski definition) is 4. The first-order valence-corrected chi connectivity index (χ1v) is 5.91. The lowest BCUT2D eigenvalue weighted by atomic mass is 10.1. The molecule has 8 heteroatoms. The van der Waals surface area contributed by atoms with Gasteiger partial charge in [-0.25, -0.2) is 15.0 Å². The van der Waals surface area contributed by atoms with Crippen molar-refractivity contribution in [1.82, 2.24) is 19.9 Å². The quantitative estimate of drug-likeness (QED) is 0.789. The monoisotopic (exact) mass is 294 g/mol. The summed E-state index contributed by atoms with van der Waals surface area (Å²) < 4.78 is 44.4. The molecule has 0 spiro atoms. The molecular formula is C13H9F3N4O. The molecule has 2 heterocycles. The Balaban J connectivity index is 2.21. The highest BCUT2D eigenvalue weighted by Gasteiger charge is 2.35. The predicted octanol–water partition coefficient (Wildman–Crippen LogP) is 3.05. The Hall–Kier alpha value is -2.64. The van der Waals surface area contributed by atoms with Gasteiger partial charge in [0.15, 0.2) is 11.3 Å². The SMILES string of the molecule is COc1ccc(-c2nc3nccnc3[nH]2)c(C(F)(F)F)c1. The average molecular weight is 294 g/mol. The summed E-state index contributed by atoms with van der Waals surface area (Å²) in [6.45, 7) is 0. The average Bonchev–Trinajstić information content (AvgIpc) is 2.89. The summed E-state index contributed by atoms with van der Waals surface area (Å²) in [6.07, 6.45) is -1.67. The van der Waals surface area contributed by atoms with E-state index in [1.54, 1.807) is 0 Å². The van der Waals surface area contributed by atoms with Crippen LogP contribution in [0.25, 0.3) is 22.7 Å². The molecule has 0 fully saturated rings. The van der Waals surface area contributed by atoms with Crippen LogP contribution in [0.2, 0.25) is 0 Å². The first kappa shape index (κ1) is 13.3. The summed E-state index contributed by atoms with van der Waals surface area (Å²) in [5.74, 6) is 0.185. The zero-order valence-corrected chi connectivity index (χ0v) is 10.8.